The third-order valence-electron chi connectivity index (χ3n) is 1.39. The van der Waals surface area contributed by atoms with Crippen LogP contribution in [0.15, 0.2) is 12.3 Å². The molecule has 0 amide bonds. The lowest BCUT2D eigenvalue weighted by atomic mass is 9.92. The molecule has 0 aromatic carbocycles. The van der Waals surface area contributed by atoms with Crippen LogP contribution in [-0.4, -0.2) is 9.97 Å². The second-order valence-corrected chi connectivity index (χ2v) is 3.46. The van der Waals surface area contributed by atoms with E-state index in [9.17, 15) is 4.39 Å². The molecule has 0 aliphatic carbocycles. The zero-order valence-electron chi connectivity index (χ0n) is 6.93. The van der Waals surface area contributed by atoms with Crippen LogP contribution in [0.4, 0.5) is 4.39 Å². The number of rotatable bonds is 0. The van der Waals surface area contributed by atoms with Crippen LogP contribution < -0.4 is 0 Å². The predicted octanol–water partition coefficient (Wildman–Crippen LogP) is 1.91. The molecule has 0 bridgehead atoms. The lowest BCUT2D eigenvalue weighted by Crippen LogP contribution is -2.14. The van der Waals surface area contributed by atoms with Crippen molar-refractivity contribution in [3.63, 3.8) is 0 Å². The van der Waals surface area contributed by atoms with Crippen LogP contribution in [0.1, 0.15) is 26.5 Å². The summed E-state index contributed by atoms with van der Waals surface area (Å²) >= 11 is 0. The maximum absolute atomic E-state index is 12.5. The molecule has 0 saturated heterocycles. The number of aromatic nitrogens is 2. The van der Waals surface area contributed by atoms with E-state index in [0.717, 1.165) is 5.69 Å². The quantitative estimate of drug-likeness (QED) is 0.533. The minimum Gasteiger partial charge on any atom is -0.211 e. The zero-order chi connectivity index (χ0) is 8.48. The summed E-state index contributed by atoms with van der Waals surface area (Å²) in [5, 5.41) is 0. The van der Waals surface area contributed by atoms with Crippen molar-refractivity contribution in [1.29, 1.82) is 0 Å². The number of halogens is 1. The van der Waals surface area contributed by atoms with Gasteiger partial charge in [0.25, 0.3) is 0 Å². The molecule has 1 heterocycles. The fraction of sp³-hybridized carbons (Fsp3) is 0.500. The molecule has 0 fully saturated rings. The summed E-state index contributed by atoms with van der Waals surface area (Å²) in [6, 6.07) is 1.73. The lowest BCUT2D eigenvalue weighted by Gasteiger charge is -2.16. The Morgan fingerprint density at radius 1 is 1.36 bits per heavy atom. The molecule has 1 rings (SSSR count). The lowest BCUT2D eigenvalue weighted by molar-refractivity contribution is 0.496. The zero-order valence-corrected chi connectivity index (χ0v) is 6.93. The van der Waals surface area contributed by atoms with Gasteiger partial charge in [0.1, 0.15) is 0 Å². The molecule has 11 heavy (non-hydrogen) atoms. The maximum atomic E-state index is 12.5. The highest BCUT2D eigenvalue weighted by atomic mass is 19.1. The molecule has 0 radical (unpaired) electrons. The van der Waals surface area contributed by atoms with Gasteiger partial charge in [-0.1, -0.05) is 20.8 Å². The fourth-order valence-electron chi connectivity index (χ4n) is 0.753. The maximum Gasteiger partial charge on any atom is 0.308 e. The normalized spacial score (nSPS) is 11.6. The molecule has 0 unspecified atom stereocenters. The molecule has 0 atom stereocenters. The smallest absolute Gasteiger partial charge is 0.211 e. The summed E-state index contributed by atoms with van der Waals surface area (Å²) in [5.74, 6) is 0. The molecule has 2 nitrogen and oxygen atoms in total. The first-order valence-corrected chi connectivity index (χ1v) is 3.49. The summed E-state index contributed by atoms with van der Waals surface area (Å²) < 4.78 is 12.5. The molecular weight excluding hydrogens is 143 g/mol. The highest BCUT2D eigenvalue weighted by Crippen LogP contribution is 2.18. The van der Waals surface area contributed by atoms with Gasteiger partial charge >= 0.3 is 6.08 Å². The highest BCUT2D eigenvalue weighted by Gasteiger charge is 2.15. The third-order valence-corrected chi connectivity index (χ3v) is 1.39. The average Bonchev–Trinajstić information content (AvgIpc) is 1.86. The molecule has 0 spiro atoms. The van der Waals surface area contributed by atoms with Gasteiger partial charge in [0.05, 0.1) is 5.69 Å². The Hall–Kier alpha value is -0.990. The second kappa shape index (κ2) is 2.57. The highest BCUT2D eigenvalue weighted by molar-refractivity contribution is 5.09. The first-order valence-electron chi connectivity index (χ1n) is 3.49. The van der Waals surface area contributed by atoms with Crippen molar-refractivity contribution in [3.05, 3.63) is 24.0 Å². The van der Waals surface area contributed by atoms with Crippen molar-refractivity contribution in [3.8, 4) is 0 Å². The molecule has 0 N–H and O–H groups in total. The van der Waals surface area contributed by atoms with E-state index in [0.29, 0.717) is 0 Å². The Morgan fingerprint density at radius 2 is 2.00 bits per heavy atom. The predicted molar refractivity (Wildman–Crippen MR) is 40.7 cm³/mol. The van der Waals surface area contributed by atoms with Crippen LogP contribution in [0, 0.1) is 6.08 Å². The largest absolute Gasteiger partial charge is 0.308 e. The van der Waals surface area contributed by atoms with Crippen molar-refractivity contribution in [2.24, 2.45) is 0 Å². The van der Waals surface area contributed by atoms with Gasteiger partial charge in [0, 0.05) is 11.6 Å². The molecule has 0 saturated carbocycles. The number of nitrogens with zero attached hydrogens (tertiary/aromatic N) is 2. The van der Waals surface area contributed by atoms with Crippen LogP contribution in [0.3, 0.4) is 0 Å². The van der Waals surface area contributed by atoms with Crippen molar-refractivity contribution in [2.75, 3.05) is 0 Å². The summed E-state index contributed by atoms with van der Waals surface area (Å²) in [7, 11) is 0. The Kier molecular flexibility index (Phi) is 1.89. The standard InChI is InChI=1S/C8H11FN2/c1-8(2,3)6-4-5-10-7(9)11-6/h4-5H,1-3H3. The summed E-state index contributed by atoms with van der Waals surface area (Å²) in [5.41, 5.74) is 0.619. The third kappa shape index (κ3) is 1.97. The molecule has 60 valence electrons. The molecule has 3 heteroatoms. The number of hydrogen-bond acceptors (Lipinski definition) is 2. The summed E-state index contributed by atoms with van der Waals surface area (Å²) in [6.07, 6.45) is 0.778. The van der Waals surface area contributed by atoms with E-state index in [1.54, 1.807) is 6.07 Å². The Morgan fingerprint density at radius 3 is 2.36 bits per heavy atom. The van der Waals surface area contributed by atoms with E-state index < -0.39 is 6.08 Å². The Balaban J connectivity index is 3.06. The first kappa shape index (κ1) is 8.11. The van der Waals surface area contributed by atoms with Crippen LogP contribution in [0.5, 0.6) is 0 Å². The van der Waals surface area contributed by atoms with Crippen LogP contribution in [-0.2, 0) is 5.41 Å². The van der Waals surface area contributed by atoms with Gasteiger partial charge in [-0.15, -0.1) is 0 Å². The first-order chi connectivity index (χ1) is 5.00. The molecule has 1 aromatic rings. The molecule has 1 aromatic heterocycles. The minimum absolute atomic E-state index is 0.107. The van der Waals surface area contributed by atoms with Gasteiger partial charge in [-0.05, 0) is 6.07 Å². The van der Waals surface area contributed by atoms with Gasteiger partial charge in [0.15, 0.2) is 0 Å². The van der Waals surface area contributed by atoms with Crippen LogP contribution in [0.2, 0.25) is 0 Å². The second-order valence-electron chi connectivity index (χ2n) is 3.46. The van der Waals surface area contributed by atoms with E-state index >= 15 is 0 Å². The van der Waals surface area contributed by atoms with E-state index in [1.807, 2.05) is 20.8 Å². The van der Waals surface area contributed by atoms with Gasteiger partial charge in [-0.2, -0.15) is 4.39 Å². The SMILES string of the molecule is CC(C)(C)c1ccnc(F)n1. The number of hydrogen-bond donors (Lipinski definition) is 0. The van der Waals surface area contributed by atoms with Crippen molar-refractivity contribution < 1.29 is 4.39 Å². The topological polar surface area (TPSA) is 25.8 Å². The molecule has 0 aliphatic rings. The van der Waals surface area contributed by atoms with Gasteiger partial charge in [-0.3, -0.25) is 0 Å². The minimum atomic E-state index is -0.655. The Labute approximate surface area is 65.5 Å². The summed E-state index contributed by atoms with van der Waals surface area (Å²) in [6.45, 7) is 5.94. The van der Waals surface area contributed by atoms with E-state index in [1.165, 1.54) is 6.20 Å². The monoisotopic (exact) mass is 154 g/mol. The Bertz CT molecular complexity index is 253. The molecular formula is C8H11FN2. The van der Waals surface area contributed by atoms with Crippen LogP contribution in [0.25, 0.3) is 0 Å². The van der Waals surface area contributed by atoms with Crippen LogP contribution >= 0.6 is 0 Å². The van der Waals surface area contributed by atoms with E-state index in [4.69, 9.17) is 0 Å². The molecule has 0 aliphatic heterocycles. The van der Waals surface area contributed by atoms with Crippen molar-refractivity contribution in [1.82, 2.24) is 9.97 Å². The van der Waals surface area contributed by atoms with E-state index in [2.05, 4.69) is 9.97 Å². The van der Waals surface area contributed by atoms with E-state index in [-0.39, 0.29) is 5.41 Å². The van der Waals surface area contributed by atoms with Gasteiger partial charge < -0.3 is 0 Å². The summed E-state index contributed by atoms with van der Waals surface area (Å²) in [4.78, 5) is 7.04. The average molecular weight is 154 g/mol. The van der Waals surface area contributed by atoms with Gasteiger partial charge in [0.2, 0.25) is 0 Å². The van der Waals surface area contributed by atoms with Crippen molar-refractivity contribution >= 4 is 0 Å². The van der Waals surface area contributed by atoms with Gasteiger partial charge in [-0.25, -0.2) is 9.97 Å². The fourth-order valence-corrected chi connectivity index (χ4v) is 0.753. The van der Waals surface area contributed by atoms with Crippen molar-refractivity contribution in [2.45, 2.75) is 26.2 Å².